The van der Waals surface area contributed by atoms with Crippen LogP contribution in [0.3, 0.4) is 0 Å². The molecule has 4 nitrogen and oxygen atoms in total. The van der Waals surface area contributed by atoms with E-state index in [1.807, 2.05) is 44.2 Å². The molecule has 2 rings (SSSR count). The fourth-order valence-corrected chi connectivity index (χ4v) is 3.49. The van der Waals surface area contributed by atoms with E-state index >= 15 is 0 Å². The SMILES string of the molecule is C=CCN1C(=O)/C(=C\C(C)(C)Sc2ccccc2)C(=O)NC1=S. The average molecular weight is 346 g/mol. The van der Waals surface area contributed by atoms with Gasteiger partial charge in [-0.2, -0.15) is 0 Å². The Kier molecular flexibility index (Phi) is 5.38. The summed E-state index contributed by atoms with van der Waals surface area (Å²) in [6.07, 6.45) is 3.27. The molecule has 0 aliphatic carbocycles. The molecule has 1 aromatic rings. The van der Waals surface area contributed by atoms with Crippen molar-refractivity contribution in [3.8, 4) is 0 Å². The highest BCUT2D eigenvalue weighted by molar-refractivity contribution is 8.00. The first-order valence-corrected chi connectivity index (χ1v) is 8.31. The molecule has 1 saturated heterocycles. The lowest BCUT2D eigenvalue weighted by atomic mass is 10.1. The predicted molar refractivity (Wildman–Crippen MR) is 97.1 cm³/mol. The molecular formula is C17H18N2O2S2. The lowest BCUT2D eigenvalue weighted by molar-refractivity contribution is -0.128. The lowest BCUT2D eigenvalue weighted by Crippen LogP contribution is -2.54. The monoisotopic (exact) mass is 346 g/mol. The predicted octanol–water partition coefficient (Wildman–Crippen LogP) is 2.91. The van der Waals surface area contributed by atoms with E-state index in [4.69, 9.17) is 12.2 Å². The molecule has 1 fully saturated rings. The first-order valence-electron chi connectivity index (χ1n) is 7.09. The summed E-state index contributed by atoms with van der Waals surface area (Å²) >= 11 is 6.62. The Morgan fingerprint density at radius 2 is 1.96 bits per heavy atom. The summed E-state index contributed by atoms with van der Waals surface area (Å²) in [6, 6.07) is 9.84. The Labute approximate surface area is 145 Å². The number of carbonyl (C=O) groups excluding carboxylic acids is 2. The fraction of sp³-hybridized carbons (Fsp3) is 0.235. The minimum atomic E-state index is -0.456. The highest BCUT2D eigenvalue weighted by Gasteiger charge is 2.34. The normalized spacial score (nSPS) is 17.4. The Hall–Kier alpha value is -1.92. The maximum atomic E-state index is 12.5. The third-order valence-corrected chi connectivity index (χ3v) is 4.59. The van der Waals surface area contributed by atoms with Crippen molar-refractivity contribution in [2.75, 3.05) is 6.54 Å². The molecule has 0 bridgehead atoms. The van der Waals surface area contributed by atoms with E-state index in [0.29, 0.717) is 0 Å². The maximum absolute atomic E-state index is 12.5. The summed E-state index contributed by atoms with van der Waals surface area (Å²) in [7, 11) is 0. The van der Waals surface area contributed by atoms with Crippen LogP contribution < -0.4 is 5.32 Å². The van der Waals surface area contributed by atoms with Crippen LogP contribution >= 0.6 is 24.0 Å². The molecule has 1 aliphatic heterocycles. The lowest BCUT2D eigenvalue weighted by Gasteiger charge is -2.29. The summed E-state index contributed by atoms with van der Waals surface area (Å²) in [5, 5.41) is 2.67. The molecule has 0 saturated carbocycles. The van der Waals surface area contributed by atoms with Gasteiger partial charge < -0.3 is 0 Å². The number of amides is 2. The van der Waals surface area contributed by atoms with Gasteiger partial charge in [0.15, 0.2) is 5.11 Å². The smallest absolute Gasteiger partial charge is 0.265 e. The molecule has 2 amide bonds. The van der Waals surface area contributed by atoms with E-state index in [9.17, 15) is 9.59 Å². The van der Waals surface area contributed by atoms with Crippen LogP contribution in [-0.2, 0) is 9.59 Å². The van der Waals surface area contributed by atoms with Gasteiger partial charge in [-0.1, -0.05) is 30.4 Å². The molecule has 0 spiro atoms. The maximum Gasteiger partial charge on any atom is 0.265 e. The van der Waals surface area contributed by atoms with Gasteiger partial charge in [0.05, 0.1) is 0 Å². The molecule has 1 heterocycles. The number of hydrogen-bond donors (Lipinski definition) is 1. The average Bonchev–Trinajstić information content (AvgIpc) is 2.48. The van der Waals surface area contributed by atoms with Gasteiger partial charge in [-0.15, -0.1) is 18.3 Å². The van der Waals surface area contributed by atoms with Crippen molar-refractivity contribution in [3.05, 3.63) is 54.6 Å². The van der Waals surface area contributed by atoms with E-state index in [-0.39, 0.29) is 23.1 Å². The van der Waals surface area contributed by atoms with Crippen molar-refractivity contribution in [2.24, 2.45) is 0 Å². The minimum absolute atomic E-state index is 0.105. The molecule has 6 heteroatoms. The molecule has 1 aliphatic rings. The molecule has 0 aromatic heterocycles. The van der Waals surface area contributed by atoms with Crippen LogP contribution in [0, 0.1) is 0 Å². The van der Waals surface area contributed by atoms with Gasteiger partial charge in [-0.05, 0) is 38.2 Å². The highest BCUT2D eigenvalue weighted by Crippen LogP contribution is 2.34. The third kappa shape index (κ3) is 4.30. The molecule has 0 radical (unpaired) electrons. The largest absolute Gasteiger partial charge is 0.298 e. The van der Waals surface area contributed by atoms with Gasteiger partial charge in [-0.25, -0.2) is 0 Å². The van der Waals surface area contributed by atoms with E-state index in [0.717, 1.165) is 4.90 Å². The molecule has 0 atom stereocenters. The molecule has 120 valence electrons. The van der Waals surface area contributed by atoms with Crippen LogP contribution in [0.4, 0.5) is 0 Å². The fourth-order valence-electron chi connectivity index (χ4n) is 2.16. The van der Waals surface area contributed by atoms with Crippen LogP contribution in [0.2, 0.25) is 0 Å². The number of thiocarbonyl (C=S) groups is 1. The van der Waals surface area contributed by atoms with Crippen molar-refractivity contribution in [3.63, 3.8) is 0 Å². The molecule has 1 aromatic carbocycles. The number of thioether (sulfide) groups is 1. The zero-order valence-corrected chi connectivity index (χ0v) is 14.7. The van der Waals surface area contributed by atoms with Crippen LogP contribution in [-0.4, -0.2) is 33.1 Å². The molecule has 1 N–H and O–H groups in total. The second kappa shape index (κ2) is 7.10. The van der Waals surface area contributed by atoms with E-state index < -0.39 is 10.7 Å². The Morgan fingerprint density at radius 3 is 2.57 bits per heavy atom. The second-order valence-electron chi connectivity index (χ2n) is 5.54. The summed E-state index contributed by atoms with van der Waals surface area (Å²) in [6.45, 7) is 7.80. The summed E-state index contributed by atoms with van der Waals surface area (Å²) < 4.78 is -0.428. The Morgan fingerprint density at radius 1 is 1.30 bits per heavy atom. The standard InChI is InChI=1S/C17H18N2O2S2/c1-4-10-19-15(21)13(14(20)18-16(19)22)11-17(2,3)23-12-8-6-5-7-9-12/h4-9,11H,1,10H2,2-3H3,(H,18,20,22)/b13-11-. The van der Waals surface area contributed by atoms with E-state index in [1.54, 1.807) is 23.9 Å². The van der Waals surface area contributed by atoms with Crippen LogP contribution in [0.1, 0.15) is 13.8 Å². The van der Waals surface area contributed by atoms with Crippen molar-refractivity contribution in [1.29, 1.82) is 0 Å². The zero-order valence-electron chi connectivity index (χ0n) is 13.0. The summed E-state index contributed by atoms with van der Waals surface area (Å²) in [5.41, 5.74) is 0.105. The summed E-state index contributed by atoms with van der Waals surface area (Å²) in [5.74, 6) is -0.845. The topological polar surface area (TPSA) is 49.4 Å². The van der Waals surface area contributed by atoms with Gasteiger partial charge in [0.1, 0.15) is 5.57 Å². The van der Waals surface area contributed by atoms with Gasteiger partial charge >= 0.3 is 0 Å². The number of nitrogens with zero attached hydrogens (tertiary/aromatic N) is 1. The Balaban J connectivity index is 2.28. The summed E-state index contributed by atoms with van der Waals surface area (Å²) in [4.78, 5) is 27.1. The van der Waals surface area contributed by atoms with Crippen molar-refractivity contribution < 1.29 is 9.59 Å². The van der Waals surface area contributed by atoms with Gasteiger partial charge in [0.25, 0.3) is 11.8 Å². The van der Waals surface area contributed by atoms with Crippen molar-refractivity contribution in [2.45, 2.75) is 23.5 Å². The van der Waals surface area contributed by atoms with Crippen molar-refractivity contribution >= 4 is 40.9 Å². The van der Waals surface area contributed by atoms with Crippen molar-refractivity contribution in [1.82, 2.24) is 10.2 Å². The molecular weight excluding hydrogens is 328 g/mol. The Bertz CT molecular complexity index is 681. The molecule has 0 unspecified atom stereocenters. The number of rotatable bonds is 5. The first kappa shape index (κ1) is 17.4. The van der Waals surface area contributed by atoms with Crippen LogP contribution in [0.15, 0.2) is 59.5 Å². The zero-order chi connectivity index (χ0) is 17.0. The van der Waals surface area contributed by atoms with Crippen LogP contribution in [0.25, 0.3) is 0 Å². The third-order valence-electron chi connectivity index (χ3n) is 3.11. The van der Waals surface area contributed by atoms with Gasteiger partial charge in [0, 0.05) is 16.2 Å². The van der Waals surface area contributed by atoms with E-state index in [2.05, 4.69) is 11.9 Å². The number of nitrogens with one attached hydrogen (secondary N) is 1. The van der Waals surface area contributed by atoms with Gasteiger partial charge in [-0.3, -0.25) is 19.8 Å². The second-order valence-corrected chi connectivity index (χ2v) is 7.65. The minimum Gasteiger partial charge on any atom is -0.298 e. The number of benzene rings is 1. The quantitative estimate of drug-likeness (QED) is 0.293. The number of carbonyl (C=O) groups is 2. The molecule has 23 heavy (non-hydrogen) atoms. The number of hydrogen-bond acceptors (Lipinski definition) is 4. The highest BCUT2D eigenvalue weighted by atomic mass is 32.2. The van der Waals surface area contributed by atoms with E-state index in [1.165, 1.54) is 4.90 Å². The van der Waals surface area contributed by atoms with Crippen LogP contribution in [0.5, 0.6) is 0 Å². The van der Waals surface area contributed by atoms with Gasteiger partial charge in [0.2, 0.25) is 0 Å². The first-order chi connectivity index (χ1) is 10.8.